The third kappa shape index (κ3) is 2.97. The zero-order valence-electron chi connectivity index (χ0n) is 11.5. The third-order valence-corrected chi connectivity index (χ3v) is 3.90. The lowest BCUT2D eigenvalue weighted by molar-refractivity contribution is -0.0166. The van der Waals surface area contributed by atoms with Gasteiger partial charge in [-0.2, -0.15) is 13.5 Å². The second-order valence-corrected chi connectivity index (χ2v) is 6.17. The highest BCUT2D eigenvalue weighted by Crippen LogP contribution is 2.35. The molecule has 2 aromatic rings. The number of rotatable bonds is 4. The summed E-state index contributed by atoms with van der Waals surface area (Å²) in [7, 11) is -4.19. The van der Waals surface area contributed by atoms with Gasteiger partial charge < -0.3 is 20.7 Å². The Morgan fingerprint density at radius 3 is 2.74 bits per heavy atom. The number of nitrogens with zero attached hydrogens (tertiary/aromatic N) is 3. The van der Waals surface area contributed by atoms with Crippen LogP contribution in [0.25, 0.3) is 11.0 Å². The Labute approximate surface area is 129 Å². The quantitative estimate of drug-likeness (QED) is 0.388. The Balaban J connectivity index is 1.86. The van der Waals surface area contributed by atoms with Crippen molar-refractivity contribution >= 4 is 27.2 Å². The number of nitrogens with one attached hydrogen (secondary N) is 1. The van der Waals surface area contributed by atoms with E-state index in [4.69, 9.17) is 15.6 Å². The van der Waals surface area contributed by atoms with Crippen molar-refractivity contribution in [2.75, 3.05) is 12.3 Å². The van der Waals surface area contributed by atoms with E-state index in [1.54, 1.807) is 0 Å². The van der Waals surface area contributed by atoms with Crippen molar-refractivity contribution in [3.63, 3.8) is 0 Å². The van der Waals surface area contributed by atoms with Crippen molar-refractivity contribution in [2.24, 2.45) is 5.14 Å². The van der Waals surface area contributed by atoms with E-state index in [1.807, 2.05) is 0 Å². The molecule has 1 aliphatic rings. The molecule has 23 heavy (non-hydrogen) atoms. The summed E-state index contributed by atoms with van der Waals surface area (Å²) in [6.45, 7) is -0.545. The smallest absolute Gasteiger partial charge is 0.333 e. The first kappa shape index (κ1) is 16.0. The van der Waals surface area contributed by atoms with Crippen molar-refractivity contribution < 1.29 is 27.6 Å². The summed E-state index contributed by atoms with van der Waals surface area (Å²) in [5, 5.41) is 31.4. The van der Waals surface area contributed by atoms with E-state index in [2.05, 4.69) is 24.3 Å². The molecule has 0 radical (unpaired) electrons. The van der Waals surface area contributed by atoms with E-state index in [9.17, 15) is 18.6 Å². The Morgan fingerprint density at radius 2 is 2.04 bits per heavy atom. The standard InChI is InChI=1S/C10H14N6O6S/c11-10-6-4(13-2-14-10)5(15-16-6)9-8(18)7(17)3(22-9)1-21-23(12,19)20/h2-3,7-9,17-18H,1H2,(H,15,16)(H2,11,13,14)(H2,12,19,20). The van der Waals surface area contributed by atoms with Crippen LogP contribution in [0.5, 0.6) is 0 Å². The number of aromatic amines is 1. The van der Waals surface area contributed by atoms with E-state index < -0.39 is 41.3 Å². The number of nitrogen functional groups attached to an aromatic ring is 1. The van der Waals surface area contributed by atoms with Gasteiger partial charge in [-0.3, -0.25) is 9.28 Å². The molecule has 3 rings (SSSR count). The SMILES string of the molecule is Nc1ncnc2c(C3OC(COS(N)(=O)=O)C(O)C3O)[nH]nc12. The van der Waals surface area contributed by atoms with Gasteiger partial charge in [0.2, 0.25) is 0 Å². The highest BCUT2D eigenvalue weighted by molar-refractivity contribution is 7.84. The van der Waals surface area contributed by atoms with Gasteiger partial charge in [0.1, 0.15) is 36.3 Å². The van der Waals surface area contributed by atoms with Gasteiger partial charge in [-0.1, -0.05) is 0 Å². The van der Waals surface area contributed by atoms with Gasteiger partial charge in [0.25, 0.3) is 0 Å². The molecule has 0 aromatic carbocycles. The molecule has 2 aromatic heterocycles. The molecule has 0 amide bonds. The lowest BCUT2D eigenvalue weighted by Crippen LogP contribution is -2.34. The van der Waals surface area contributed by atoms with Crippen molar-refractivity contribution in [1.29, 1.82) is 0 Å². The van der Waals surface area contributed by atoms with Crippen molar-refractivity contribution in [3.8, 4) is 0 Å². The van der Waals surface area contributed by atoms with Crippen LogP contribution in [-0.2, 0) is 19.2 Å². The largest absolute Gasteiger partial charge is 0.387 e. The molecule has 126 valence electrons. The molecule has 7 N–H and O–H groups in total. The average Bonchev–Trinajstić information content (AvgIpc) is 3.01. The molecule has 1 aliphatic heterocycles. The predicted molar refractivity (Wildman–Crippen MR) is 74.8 cm³/mol. The summed E-state index contributed by atoms with van der Waals surface area (Å²) in [4.78, 5) is 7.80. The van der Waals surface area contributed by atoms with Gasteiger partial charge in [-0.15, -0.1) is 0 Å². The molecule has 13 heteroatoms. The number of H-pyrrole nitrogens is 1. The molecule has 1 saturated heterocycles. The summed E-state index contributed by atoms with van der Waals surface area (Å²) in [5.74, 6) is 0.139. The van der Waals surface area contributed by atoms with Crippen LogP contribution in [0.4, 0.5) is 5.82 Å². The number of aliphatic hydroxyl groups is 2. The fourth-order valence-electron chi connectivity index (χ4n) is 2.35. The highest BCUT2D eigenvalue weighted by atomic mass is 32.2. The first-order valence-electron chi connectivity index (χ1n) is 6.41. The maximum Gasteiger partial charge on any atom is 0.333 e. The van der Waals surface area contributed by atoms with Crippen molar-refractivity contribution in [1.82, 2.24) is 20.2 Å². The lowest BCUT2D eigenvalue weighted by atomic mass is 10.1. The van der Waals surface area contributed by atoms with Crippen LogP contribution < -0.4 is 10.9 Å². The fourth-order valence-corrected chi connectivity index (χ4v) is 2.68. The van der Waals surface area contributed by atoms with Crippen molar-refractivity contribution in [2.45, 2.75) is 24.4 Å². The van der Waals surface area contributed by atoms with Gasteiger partial charge in [-0.05, 0) is 0 Å². The van der Waals surface area contributed by atoms with E-state index in [-0.39, 0.29) is 17.0 Å². The van der Waals surface area contributed by atoms with E-state index in [1.165, 1.54) is 6.33 Å². The number of anilines is 1. The Hall–Kier alpha value is -1.90. The maximum atomic E-state index is 10.8. The van der Waals surface area contributed by atoms with Crippen LogP contribution in [0.15, 0.2) is 6.33 Å². The fraction of sp³-hybridized carbons (Fsp3) is 0.500. The lowest BCUT2D eigenvalue weighted by Gasteiger charge is -2.13. The van der Waals surface area contributed by atoms with Crippen LogP contribution in [-0.4, -0.2) is 63.7 Å². The summed E-state index contributed by atoms with van der Waals surface area (Å²) >= 11 is 0. The Bertz CT molecular complexity index is 824. The molecule has 0 spiro atoms. The molecule has 0 saturated carbocycles. The number of nitrogens with two attached hydrogens (primary N) is 2. The summed E-state index contributed by atoms with van der Waals surface area (Å²) in [6.07, 6.45) is -3.66. The number of aliphatic hydroxyl groups excluding tert-OH is 2. The minimum Gasteiger partial charge on any atom is -0.387 e. The molecule has 1 fully saturated rings. The number of hydrogen-bond acceptors (Lipinski definition) is 10. The molecule has 0 bridgehead atoms. The van der Waals surface area contributed by atoms with Gasteiger partial charge >= 0.3 is 10.3 Å². The zero-order chi connectivity index (χ0) is 16.8. The first-order valence-corrected chi connectivity index (χ1v) is 7.88. The van der Waals surface area contributed by atoms with E-state index >= 15 is 0 Å². The summed E-state index contributed by atoms with van der Waals surface area (Å²) in [6, 6.07) is 0. The van der Waals surface area contributed by atoms with Crippen LogP contribution in [0, 0.1) is 0 Å². The average molecular weight is 346 g/mol. The number of hydrogen-bond donors (Lipinski definition) is 5. The Kier molecular flexibility index (Phi) is 3.91. The van der Waals surface area contributed by atoms with Crippen LogP contribution in [0.3, 0.4) is 0 Å². The van der Waals surface area contributed by atoms with Gasteiger partial charge in [-0.25, -0.2) is 15.1 Å². The van der Waals surface area contributed by atoms with E-state index in [0.717, 1.165) is 0 Å². The predicted octanol–water partition coefficient (Wildman–Crippen LogP) is -2.68. The van der Waals surface area contributed by atoms with Crippen LogP contribution in [0.1, 0.15) is 11.8 Å². The number of aromatic nitrogens is 4. The van der Waals surface area contributed by atoms with Crippen molar-refractivity contribution in [3.05, 3.63) is 12.0 Å². The Morgan fingerprint density at radius 1 is 1.30 bits per heavy atom. The topological polar surface area (TPSA) is 200 Å². The van der Waals surface area contributed by atoms with Gasteiger partial charge in [0.05, 0.1) is 12.3 Å². The monoisotopic (exact) mass is 346 g/mol. The van der Waals surface area contributed by atoms with Gasteiger partial charge in [0, 0.05) is 0 Å². The highest BCUT2D eigenvalue weighted by Gasteiger charge is 2.45. The number of fused-ring (bicyclic) bond motifs is 1. The molecule has 0 aliphatic carbocycles. The zero-order valence-corrected chi connectivity index (χ0v) is 12.3. The molecular formula is C10H14N6O6S. The molecule has 4 atom stereocenters. The van der Waals surface area contributed by atoms with E-state index in [0.29, 0.717) is 5.52 Å². The molecule has 3 heterocycles. The summed E-state index contributed by atoms with van der Waals surface area (Å²) in [5.41, 5.74) is 6.55. The number of ether oxygens (including phenoxy) is 1. The van der Waals surface area contributed by atoms with Gasteiger partial charge in [0.15, 0.2) is 11.3 Å². The second-order valence-electron chi connectivity index (χ2n) is 4.95. The molecular weight excluding hydrogens is 332 g/mol. The second kappa shape index (κ2) is 5.63. The first-order chi connectivity index (χ1) is 10.8. The van der Waals surface area contributed by atoms with Crippen LogP contribution >= 0.6 is 0 Å². The maximum absolute atomic E-state index is 10.8. The van der Waals surface area contributed by atoms with Crippen LogP contribution in [0.2, 0.25) is 0 Å². The third-order valence-electron chi connectivity index (χ3n) is 3.44. The molecule has 12 nitrogen and oxygen atoms in total. The molecule has 4 unspecified atom stereocenters. The minimum absolute atomic E-state index is 0.139. The summed E-state index contributed by atoms with van der Waals surface area (Å²) < 4.78 is 31.5. The minimum atomic E-state index is -4.19. The normalized spacial score (nSPS) is 28.5.